The first kappa shape index (κ1) is 17.7. The van der Waals surface area contributed by atoms with Gasteiger partial charge in [0.25, 0.3) is 5.92 Å². The molecule has 1 aromatic carbocycles. The highest BCUT2D eigenvalue weighted by molar-refractivity contribution is 8.13. The number of anilines is 1. The lowest BCUT2D eigenvalue weighted by atomic mass is 10.00. The van der Waals surface area contributed by atoms with Crippen LogP contribution in [0.25, 0.3) is 0 Å². The normalized spacial score (nSPS) is 16.9. The minimum absolute atomic E-state index is 0.0866. The molecule has 1 aliphatic heterocycles. The number of rotatable bonds is 4. The molecule has 4 nitrogen and oxygen atoms in total. The molecule has 0 spiro atoms. The Labute approximate surface area is 137 Å². The van der Waals surface area contributed by atoms with Gasteiger partial charge >= 0.3 is 0 Å². The maximum Gasteiger partial charge on any atom is 0.272 e. The van der Waals surface area contributed by atoms with Crippen molar-refractivity contribution in [3.05, 3.63) is 28.3 Å². The zero-order chi connectivity index (χ0) is 16.5. The molecule has 0 unspecified atom stereocenters. The molecule has 0 aromatic heterocycles. The fraction of sp³-hybridized carbons (Fsp3) is 0.538. The molecule has 124 valence electrons. The molecule has 0 N–H and O–H groups in total. The number of hydrogen-bond donors (Lipinski definition) is 0. The first-order valence-electron chi connectivity index (χ1n) is 6.53. The molecule has 1 heterocycles. The lowest BCUT2D eigenvalue weighted by Gasteiger charge is -2.33. The van der Waals surface area contributed by atoms with Crippen molar-refractivity contribution in [3.63, 3.8) is 0 Å². The zero-order valence-corrected chi connectivity index (χ0v) is 14.1. The summed E-state index contributed by atoms with van der Waals surface area (Å²) in [5, 5.41) is 0.185. The van der Waals surface area contributed by atoms with Crippen molar-refractivity contribution in [3.8, 4) is 0 Å². The summed E-state index contributed by atoms with van der Waals surface area (Å²) in [4.78, 5) is 1.71. The van der Waals surface area contributed by atoms with Gasteiger partial charge in [-0.1, -0.05) is 11.6 Å². The van der Waals surface area contributed by atoms with Crippen molar-refractivity contribution in [2.75, 3.05) is 31.2 Å². The Hall–Kier alpha value is -0.630. The summed E-state index contributed by atoms with van der Waals surface area (Å²) in [6.07, 6.45) is 0. The van der Waals surface area contributed by atoms with Gasteiger partial charge in [-0.25, -0.2) is 17.2 Å². The van der Waals surface area contributed by atoms with Gasteiger partial charge in [-0.2, -0.15) is 0 Å². The molecule has 22 heavy (non-hydrogen) atoms. The monoisotopic (exact) mass is 373 g/mol. The van der Waals surface area contributed by atoms with Crippen molar-refractivity contribution in [1.29, 1.82) is 0 Å². The number of ether oxygens (including phenoxy) is 1. The Kier molecular flexibility index (Phi) is 5.21. The van der Waals surface area contributed by atoms with Crippen LogP contribution in [0.2, 0.25) is 5.02 Å². The zero-order valence-electron chi connectivity index (χ0n) is 11.8. The fourth-order valence-corrected chi connectivity index (χ4v) is 3.69. The van der Waals surface area contributed by atoms with Crippen molar-refractivity contribution >= 4 is 37.0 Å². The van der Waals surface area contributed by atoms with Gasteiger partial charge in [0, 0.05) is 47.0 Å². The summed E-state index contributed by atoms with van der Waals surface area (Å²) in [6.45, 7) is 2.40. The lowest BCUT2D eigenvalue weighted by Crippen LogP contribution is -2.37. The smallest absolute Gasteiger partial charge is 0.272 e. The first-order chi connectivity index (χ1) is 10.1. The molecule has 9 heteroatoms. The van der Waals surface area contributed by atoms with Gasteiger partial charge in [0.05, 0.1) is 19.0 Å². The molecule has 0 radical (unpaired) electrons. The molecule has 0 amide bonds. The van der Waals surface area contributed by atoms with Crippen molar-refractivity contribution in [2.24, 2.45) is 0 Å². The first-order valence-corrected chi connectivity index (χ1v) is 9.39. The summed E-state index contributed by atoms with van der Waals surface area (Å²) < 4.78 is 56.1. The topological polar surface area (TPSA) is 46.6 Å². The highest BCUT2D eigenvalue weighted by Crippen LogP contribution is 2.40. The van der Waals surface area contributed by atoms with E-state index >= 15 is 0 Å². The summed E-state index contributed by atoms with van der Waals surface area (Å²) in [7, 11) is 1.24. The molecular weight excluding hydrogens is 359 g/mol. The number of morpholine rings is 1. The van der Waals surface area contributed by atoms with E-state index in [1.807, 2.05) is 0 Å². The van der Waals surface area contributed by atoms with Crippen LogP contribution in [0.3, 0.4) is 0 Å². The van der Waals surface area contributed by atoms with Crippen molar-refractivity contribution in [1.82, 2.24) is 0 Å². The standard InChI is InChI=1S/C13H15Cl2F2NO3S/c1-13(16,17)12-9(8-22(15,19)20)6-10(14)7-11(12)18-2-4-21-5-3-18/h6-7H,2-5,8H2,1H3. The largest absolute Gasteiger partial charge is 0.378 e. The van der Waals surface area contributed by atoms with Crippen LogP contribution in [-0.4, -0.2) is 34.7 Å². The Morgan fingerprint density at radius 1 is 1.32 bits per heavy atom. The van der Waals surface area contributed by atoms with E-state index in [0.29, 0.717) is 26.3 Å². The number of halogens is 4. The van der Waals surface area contributed by atoms with Crippen LogP contribution in [0.15, 0.2) is 12.1 Å². The minimum atomic E-state index is -3.99. The Morgan fingerprint density at radius 2 is 1.91 bits per heavy atom. The maximum atomic E-state index is 14.1. The Balaban J connectivity index is 2.60. The predicted molar refractivity (Wildman–Crippen MR) is 82.5 cm³/mol. The average Bonchev–Trinajstić information content (AvgIpc) is 2.35. The van der Waals surface area contributed by atoms with Gasteiger partial charge in [-0.3, -0.25) is 0 Å². The summed E-state index contributed by atoms with van der Waals surface area (Å²) >= 11 is 5.98. The average molecular weight is 374 g/mol. The summed E-state index contributed by atoms with van der Waals surface area (Å²) in [5.74, 6) is -3.93. The van der Waals surface area contributed by atoms with Crippen LogP contribution in [0, 0.1) is 0 Å². The lowest BCUT2D eigenvalue weighted by molar-refractivity contribution is 0.0169. The third-order valence-electron chi connectivity index (χ3n) is 3.28. The molecule has 2 rings (SSSR count). The molecule has 1 fully saturated rings. The van der Waals surface area contributed by atoms with E-state index in [2.05, 4.69) is 0 Å². The third kappa shape index (κ3) is 4.44. The van der Waals surface area contributed by atoms with Crippen LogP contribution in [0.5, 0.6) is 0 Å². The molecule has 1 saturated heterocycles. The minimum Gasteiger partial charge on any atom is -0.378 e. The van der Waals surface area contributed by atoms with Crippen LogP contribution >= 0.6 is 22.3 Å². The fourth-order valence-electron chi connectivity index (χ4n) is 2.51. The van der Waals surface area contributed by atoms with E-state index in [0.717, 1.165) is 6.92 Å². The molecule has 0 aliphatic carbocycles. The molecule has 1 aliphatic rings. The van der Waals surface area contributed by atoms with Crippen molar-refractivity contribution in [2.45, 2.75) is 18.6 Å². The highest BCUT2D eigenvalue weighted by atomic mass is 35.7. The van der Waals surface area contributed by atoms with E-state index in [1.165, 1.54) is 12.1 Å². The highest BCUT2D eigenvalue weighted by Gasteiger charge is 2.34. The maximum absolute atomic E-state index is 14.1. The van der Waals surface area contributed by atoms with E-state index in [4.69, 9.17) is 27.0 Å². The molecule has 1 aromatic rings. The molecular formula is C13H15Cl2F2NO3S. The molecule has 0 saturated carbocycles. The van der Waals surface area contributed by atoms with Crippen LogP contribution < -0.4 is 4.90 Å². The van der Waals surface area contributed by atoms with Gasteiger partial charge in [-0.05, 0) is 17.7 Å². The van der Waals surface area contributed by atoms with Gasteiger partial charge in [0.15, 0.2) is 0 Å². The van der Waals surface area contributed by atoms with Crippen LogP contribution in [0.1, 0.15) is 18.1 Å². The van der Waals surface area contributed by atoms with Crippen LogP contribution in [0.4, 0.5) is 14.5 Å². The van der Waals surface area contributed by atoms with Crippen LogP contribution in [-0.2, 0) is 25.5 Å². The number of benzene rings is 1. The van der Waals surface area contributed by atoms with Gasteiger partial charge < -0.3 is 9.64 Å². The van der Waals surface area contributed by atoms with Gasteiger partial charge in [-0.15, -0.1) is 0 Å². The third-order valence-corrected chi connectivity index (χ3v) is 4.48. The van der Waals surface area contributed by atoms with E-state index in [9.17, 15) is 17.2 Å². The van der Waals surface area contributed by atoms with Crippen molar-refractivity contribution < 1.29 is 21.9 Å². The molecule has 0 atom stereocenters. The quantitative estimate of drug-likeness (QED) is 0.759. The summed E-state index contributed by atoms with van der Waals surface area (Å²) in [6, 6.07) is 2.64. The summed E-state index contributed by atoms with van der Waals surface area (Å²) in [5.41, 5.74) is -0.224. The number of alkyl halides is 2. The number of nitrogens with zero attached hydrogens (tertiary/aromatic N) is 1. The van der Waals surface area contributed by atoms with E-state index in [-0.39, 0.29) is 21.8 Å². The second kappa shape index (κ2) is 6.47. The second-order valence-corrected chi connectivity index (χ2v) is 8.34. The molecule has 0 bridgehead atoms. The second-order valence-electron chi connectivity index (χ2n) is 5.13. The number of hydrogen-bond acceptors (Lipinski definition) is 4. The Bertz CT molecular complexity index is 656. The van der Waals surface area contributed by atoms with Gasteiger partial charge in [0.2, 0.25) is 9.05 Å². The Morgan fingerprint density at radius 3 is 2.41 bits per heavy atom. The predicted octanol–water partition coefficient (Wildman–Crippen LogP) is 3.36. The SMILES string of the molecule is CC(F)(F)c1c(CS(=O)(=O)Cl)cc(Cl)cc1N1CCOCC1. The van der Waals surface area contributed by atoms with E-state index < -0.39 is 20.7 Å². The van der Waals surface area contributed by atoms with E-state index in [1.54, 1.807) is 4.90 Å². The van der Waals surface area contributed by atoms with Gasteiger partial charge in [0.1, 0.15) is 0 Å².